The maximum Gasteiger partial charge on any atom is 0.416 e. The van der Waals surface area contributed by atoms with Gasteiger partial charge in [-0.3, -0.25) is 14.5 Å². The highest BCUT2D eigenvalue weighted by Crippen LogP contribution is 2.39. The molecule has 3 aromatic heterocycles. The monoisotopic (exact) mass is 496 g/mol. The van der Waals surface area contributed by atoms with Crippen LogP contribution in [0, 0.1) is 0 Å². The molecule has 1 N–H and O–H groups in total. The Kier molecular flexibility index (Phi) is 6.05. The van der Waals surface area contributed by atoms with Crippen LogP contribution in [0.15, 0.2) is 59.4 Å². The number of pyridine rings is 1. The molecular formula is C21H14F6N6O2. The Hall–Kier alpha value is -4.23. The molecule has 4 aromatic rings. The van der Waals surface area contributed by atoms with E-state index in [2.05, 4.69) is 25.6 Å². The number of anilines is 1. The van der Waals surface area contributed by atoms with Gasteiger partial charge < -0.3 is 9.73 Å². The van der Waals surface area contributed by atoms with Gasteiger partial charge in [0.15, 0.2) is 0 Å². The molecule has 0 unspecified atom stereocenters. The van der Waals surface area contributed by atoms with Gasteiger partial charge in [0, 0.05) is 12.4 Å². The first-order valence-corrected chi connectivity index (χ1v) is 9.82. The third-order valence-corrected chi connectivity index (χ3v) is 4.90. The van der Waals surface area contributed by atoms with Gasteiger partial charge in [-0.15, -0.1) is 10.2 Å². The minimum Gasteiger partial charge on any atom is -0.411 e. The van der Waals surface area contributed by atoms with Crippen LogP contribution in [0.4, 0.5) is 32.0 Å². The van der Waals surface area contributed by atoms with Crippen molar-refractivity contribution in [1.82, 2.24) is 25.0 Å². The van der Waals surface area contributed by atoms with Crippen LogP contribution in [0.1, 0.15) is 40.3 Å². The molecule has 182 valence electrons. The van der Waals surface area contributed by atoms with Crippen molar-refractivity contribution in [2.75, 3.05) is 5.32 Å². The number of nitrogens with one attached hydrogen (secondary N) is 1. The van der Waals surface area contributed by atoms with Gasteiger partial charge in [0.25, 0.3) is 5.89 Å². The predicted octanol–water partition coefficient (Wildman–Crippen LogP) is 5.23. The van der Waals surface area contributed by atoms with E-state index in [1.807, 2.05) is 0 Å². The van der Waals surface area contributed by atoms with Gasteiger partial charge in [-0.1, -0.05) is 12.1 Å². The molecule has 1 atom stereocenters. The highest BCUT2D eigenvalue weighted by molar-refractivity contribution is 6.00. The number of hydrogen-bond acceptors (Lipinski definition) is 6. The van der Waals surface area contributed by atoms with Crippen molar-refractivity contribution in [3.05, 3.63) is 77.6 Å². The zero-order valence-electron chi connectivity index (χ0n) is 17.6. The van der Waals surface area contributed by atoms with Gasteiger partial charge in [0.2, 0.25) is 0 Å². The van der Waals surface area contributed by atoms with Gasteiger partial charge in [-0.25, -0.2) is 0 Å². The summed E-state index contributed by atoms with van der Waals surface area (Å²) in [6.07, 6.45) is -6.09. The first kappa shape index (κ1) is 23.9. The number of halogens is 6. The number of rotatable bonds is 5. The fourth-order valence-corrected chi connectivity index (χ4v) is 3.19. The molecule has 35 heavy (non-hydrogen) atoms. The molecule has 0 aliphatic heterocycles. The molecule has 0 aliphatic carbocycles. The molecule has 3 heterocycles. The summed E-state index contributed by atoms with van der Waals surface area (Å²) < 4.78 is 85.6. The fourth-order valence-electron chi connectivity index (χ4n) is 3.19. The zero-order chi connectivity index (χ0) is 25.4. The van der Waals surface area contributed by atoms with Crippen molar-refractivity contribution < 1.29 is 35.6 Å². The Bertz CT molecular complexity index is 1350. The summed E-state index contributed by atoms with van der Waals surface area (Å²) in [5, 5.41) is 13.7. The van der Waals surface area contributed by atoms with Crippen LogP contribution in [0.5, 0.6) is 0 Å². The lowest BCUT2D eigenvalue weighted by Gasteiger charge is -2.20. The molecule has 0 saturated carbocycles. The fraction of sp³-hybridized carbons (Fsp3) is 0.190. The van der Waals surface area contributed by atoms with Crippen molar-refractivity contribution in [3.8, 4) is 11.6 Å². The maximum atomic E-state index is 13.5. The van der Waals surface area contributed by atoms with Crippen LogP contribution < -0.4 is 5.32 Å². The average Bonchev–Trinajstić information content (AvgIpc) is 3.48. The van der Waals surface area contributed by atoms with E-state index in [0.717, 1.165) is 16.9 Å². The van der Waals surface area contributed by atoms with Crippen molar-refractivity contribution in [3.63, 3.8) is 0 Å². The summed E-state index contributed by atoms with van der Waals surface area (Å²) in [5.74, 6) is -1.20. The molecule has 0 bridgehead atoms. The number of aromatic nitrogens is 5. The quantitative estimate of drug-likeness (QED) is 0.380. The number of benzene rings is 1. The minimum atomic E-state index is -5.03. The lowest BCUT2D eigenvalue weighted by Crippen LogP contribution is -2.17. The number of alkyl halides is 6. The highest BCUT2D eigenvalue weighted by Gasteiger charge is 2.39. The molecule has 0 fully saturated rings. The van der Waals surface area contributed by atoms with Gasteiger partial charge in [-0.05, 0) is 36.8 Å². The van der Waals surface area contributed by atoms with E-state index in [1.165, 1.54) is 19.3 Å². The van der Waals surface area contributed by atoms with Gasteiger partial charge in [0.05, 0.1) is 29.1 Å². The Morgan fingerprint density at radius 3 is 2.49 bits per heavy atom. The molecule has 0 saturated heterocycles. The van der Waals surface area contributed by atoms with Crippen molar-refractivity contribution in [2.24, 2.45) is 0 Å². The normalized spacial score (nSPS) is 13.0. The molecule has 1 aromatic carbocycles. The van der Waals surface area contributed by atoms with Crippen LogP contribution >= 0.6 is 0 Å². The number of carbonyl (C=O) groups excluding carboxylic acids is 1. The Morgan fingerprint density at radius 1 is 1.06 bits per heavy atom. The summed E-state index contributed by atoms with van der Waals surface area (Å²) in [5.41, 5.74) is -2.85. The second-order valence-electron chi connectivity index (χ2n) is 7.26. The lowest BCUT2D eigenvalue weighted by atomic mass is 9.98. The van der Waals surface area contributed by atoms with Crippen LogP contribution in [0.3, 0.4) is 0 Å². The maximum absolute atomic E-state index is 13.5. The van der Waals surface area contributed by atoms with Gasteiger partial charge in [-0.2, -0.15) is 31.4 Å². The Labute approximate surface area is 192 Å². The highest BCUT2D eigenvalue weighted by atomic mass is 19.4. The Morgan fingerprint density at radius 2 is 1.83 bits per heavy atom. The molecule has 1 amide bonds. The summed E-state index contributed by atoms with van der Waals surface area (Å²) in [6.45, 7) is 1.33. The molecule has 8 nitrogen and oxygen atoms in total. The van der Waals surface area contributed by atoms with Crippen LogP contribution in [0.2, 0.25) is 0 Å². The summed E-state index contributed by atoms with van der Waals surface area (Å²) in [6, 6.07) is 5.23. The summed E-state index contributed by atoms with van der Waals surface area (Å²) in [7, 11) is 0. The van der Waals surface area contributed by atoms with Crippen LogP contribution in [-0.4, -0.2) is 30.9 Å². The van der Waals surface area contributed by atoms with Gasteiger partial charge in [0.1, 0.15) is 5.69 Å². The summed E-state index contributed by atoms with van der Waals surface area (Å²) >= 11 is 0. The van der Waals surface area contributed by atoms with Crippen LogP contribution in [0.25, 0.3) is 11.6 Å². The first-order chi connectivity index (χ1) is 16.4. The minimum absolute atomic E-state index is 0.00190. The third kappa shape index (κ3) is 5.15. The number of hydrogen-bond donors (Lipinski definition) is 1. The lowest BCUT2D eigenvalue weighted by molar-refractivity contribution is -0.143. The molecule has 0 spiro atoms. The van der Waals surface area contributed by atoms with Gasteiger partial charge >= 0.3 is 24.2 Å². The van der Waals surface area contributed by atoms with Crippen molar-refractivity contribution in [2.45, 2.75) is 25.3 Å². The van der Waals surface area contributed by atoms with Crippen LogP contribution in [-0.2, 0) is 12.4 Å². The third-order valence-electron chi connectivity index (χ3n) is 4.90. The number of nitrogens with zero attached hydrogens (tertiary/aromatic N) is 5. The van der Waals surface area contributed by atoms with E-state index in [9.17, 15) is 31.1 Å². The second kappa shape index (κ2) is 8.85. The molecule has 0 radical (unpaired) electrons. The van der Waals surface area contributed by atoms with E-state index in [-0.39, 0.29) is 17.6 Å². The van der Waals surface area contributed by atoms with E-state index in [0.29, 0.717) is 11.8 Å². The largest absolute Gasteiger partial charge is 0.416 e. The average molecular weight is 496 g/mol. The predicted molar refractivity (Wildman–Crippen MR) is 108 cm³/mol. The molecule has 0 aliphatic rings. The van der Waals surface area contributed by atoms with E-state index >= 15 is 0 Å². The van der Waals surface area contributed by atoms with Crippen molar-refractivity contribution in [1.29, 1.82) is 0 Å². The SMILES string of the molecule is C[C@@H](c1ccc(C(F)(F)F)cc1C(F)(F)F)n1cc(NC(=O)c2nnc(-c3ccccn3)o2)cn1. The smallest absolute Gasteiger partial charge is 0.411 e. The van der Waals surface area contributed by atoms with E-state index in [1.54, 1.807) is 18.2 Å². The molecule has 14 heteroatoms. The van der Waals surface area contributed by atoms with E-state index in [4.69, 9.17) is 4.42 Å². The Balaban J connectivity index is 1.54. The molecule has 4 rings (SSSR count). The second-order valence-corrected chi connectivity index (χ2v) is 7.26. The van der Waals surface area contributed by atoms with Crippen molar-refractivity contribution >= 4 is 11.6 Å². The standard InChI is InChI=1S/C21H14F6N6O2/c1-11(14-6-5-12(20(22,23)24)8-15(14)21(25,26)27)33-10-13(9-29-33)30-17(34)19-32-31-18(35-19)16-4-2-3-7-28-16/h2-11H,1H3,(H,30,34)/t11-/m0/s1. The first-order valence-electron chi connectivity index (χ1n) is 9.82. The van der Waals surface area contributed by atoms with E-state index < -0.39 is 46.9 Å². The molecular weight excluding hydrogens is 482 g/mol. The number of carbonyl (C=O) groups is 1. The topological polar surface area (TPSA) is 98.7 Å². The zero-order valence-corrected chi connectivity index (χ0v) is 17.6. The number of amides is 1. The summed E-state index contributed by atoms with van der Waals surface area (Å²) in [4.78, 5) is 16.4.